The molecule has 0 unspecified atom stereocenters. The Labute approximate surface area is 100 Å². The molecule has 0 aromatic carbocycles. The van der Waals surface area contributed by atoms with Crippen molar-refractivity contribution in [3.05, 3.63) is 12.5 Å². The minimum absolute atomic E-state index is 0.104. The molecule has 0 atom stereocenters. The Kier molecular flexibility index (Phi) is 3.77. The molecular formula is C9H16N4O3S. The number of imidazole rings is 1. The lowest BCUT2D eigenvalue weighted by molar-refractivity contribution is 0.151. The molecule has 2 heterocycles. The number of piperazine rings is 1. The molecule has 0 bridgehead atoms. The SMILES string of the molecule is O=S(=O)(c1cnc[nH]1)N1CCN(CCO)CC1. The van der Waals surface area contributed by atoms with Crippen molar-refractivity contribution < 1.29 is 13.5 Å². The zero-order chi connectivity index (χ0) is 12.3. The van der Waals surface area contributed by atoms with E-state index in [4.69, 9.17) is 5.11 Å². The first-order chi connectivity index (χ1) is 8.14. The van der Waals surface area contributed by atoms with E-state index in [1.54, 1.807) is 0 Å². The number of H-pyrrole nitrogens is 1. The second-order valence-electron chi connectivity index (χ2n) is 3.89. The van der Waals surface area contributed by atoms with Crippen LogP contribution in [0.3, 0.4) is 0 Å². The van der Waals surface area contributed by atoms with Gasteiger partial charge in [-0.05, 0) is 0 Å². The van der Waals surface area contributed by atoms with E-state index >= 15 is 0 Å². The maximum atomic E-state index is 12.1. The van der Waals surface area contributed by atoms with Crippen molar-refractivity contribution in [2.24, 2.45) is 0 Å². The fourth-order valence-corrected chi connectivity index (χ4v) is 3.18. The Morgan fingerprint density at radius 1 is 1.35 bits per heavy atom. The van der Waals surface area contributed by atoms with Gasteiger partial charge in [-0.25, -0.2) is 13.4 Å². The lowest BCUT2D eigenvalue weighted by Crippen LogP contribution is -2.49. The first-order valence-corrected chi connectivity index (χ1v) is 6.90. The van der Waals surface area contributed by atoms with Crippen LogP contribution in [0, 0.1) is 0 Å². The maximum absolute atomic E-state index is 12.1. The molecule has 1 fully saturated rings. The van der Waals surface area contributed by atoms with E-state index in [9.17, 15) is 8.42 Å². The predicted molar refractivity (Wildman–Crippen MR) is 60.9 cm³/mol. The van der Waals surface area contributed by atoms with E-state index < -0.39 is 10.0 Å². The lowest BCUT2D eigenvalue weighted by atomic mass is 10.4. The van der Waals surface area contributed by atoms with Crippen LogP contribution in [0.1, 0.15) is 0 Å². The second kappa shape index (κ2) is 5.13. The summed E-state index contributed by atoms with van der Waals surface area (Å²) < 4.78 is 25.6. The van der Waals surface area contributed by atoms with E-state index in [1.807, 2.05) is 4.90 Å². The van der Waals surface area contributed by atoms with Gasteiger partial charge in [-0.3, -0.25) is 4.90 Å². The van der Waals surface area contributed by atoms with Gasteiger partial charge in [0.05, 0.1) is 19.1 Å². The molecule has 2 N–H and O–H groups in total. The van der Waals surface area contributed by atoms with Crippen LogP contribution >= 0.6 is 0 Å². The first-order valence-electron chi connectivity index (χ1n) is 5.46. The normalized spacial score (nSPS) is 19.6. The number of hydrogen-bond acceptors (Lipinski definition) is 5. The Morgan fingerprint density at radius 2 is 2.06 bits per heavy atom. The number of nitrogens with one attached hydrogen (secondary N) is 1. The highest BCUT2D eigenvalue weighted by atomic mass is 32.2. The lowest BCUT2D eigenvalue weighted by Gasteiger charge is -2.33. The minimum atomic E-state index is -3.43. The van der Waals surface area contributed by atoms with Gasteiger partial charge in [-0.15, -0.1) is 0 Å². The van der Waals surface area contributed by atoms with Crippen LogP contribution in [0.4, 0.5) is 0 Å². The average Bonchev–Trinajstić information content (AvgIpc) is 2.84. The van der Waals surface area contributed by atoms with Crippen molar-refractivity contribution in [2.75, 3.05) is 39.3 Å². The standard InChI is InChI=1S/C9H16N4O3S/c14-6-5-12-1-3-13(4-2-12)17(15,16)9-7-10-8-11-9/h7-8,14H,1-6H2,(H,10,11). The largest absolute Gasteiger partial charge is 0.395 e. The van der Waals surface area contributed by atoms with Gasteiger partial charge >= 0.3 is 0 Å². The fourth-order valence-electron chi connectivity index (χ4n) is 1.86. The molecule has 0 aliphatic carbocycles. The molecule has 0 radical (unpaired) electrons. The Morgan fingerprint density at radius 3 is 2.59 bits per heavy atom. The highest BCUT2D eigenvalue weighted by Gasteiger charge is 2.28. The summed E-state index contributed by atoms with van der Waals surface area (Å²) in [5.41, 5.74) is 0. The molecule has 7 nitrogen and oxygen atoms in total. The van der Waals surface area contributed by atoms with E-state index in [0.29, 0.717) is 32.7 Å². The Balaban J connectivity index is 2.01. The van der Waals surface area contributed by atoms with Crippen molar-refractivity contribution >= 4 is 10.0 Å². The predicted octanol–water partition coefficient (Wildman–Crippen LogP) is -1.29. The summed E-state index contributed by atoms with van der Waals surface area (Å²) in [4.78, 5) is 8.38. The third-order valence-electron chi connectivity index (χ3n) is 2.84. The van der Waals surface area contributed by atoms with Gasteiger partial charge in [0.1, 0.15) is 0 Å². The van der Waals surface area contributed by atoms with Crippen molar-refractivity contribution in [3.8, 4) is 0 Å². The summed E-state index contributed by atoms with van der Waals surface area (Å²) in [5, 5.41) is 8.94. The highest BCUT2D eigenvalue weighted by molar-refractivity contribution is 7.89. The van der Waals surface area contributed by atoms with Crippen LogP contribution in [-0.4, -0.2) is 72.0 Å². The monoisotopic (exact) mass is 260 g/mol. The van der Waals surface area contributed by atoms with Gasteiger partial charge in [0.2, 0.25) is 0 Å². The molecule has 8 heteroatoms. The zero-order valence-corrected chi connectivity index (χ0v) is 10.2. The summed E-state index contributed by atoms with van der Waals surface area (Å²) in [6, 6.07) is 0. The maximum Gasteiger partial charge on any atom is 0.260 e. The number of rotatable bonds is 4. The van der Waals surface area contributed by atoms with Crippen LogP contribution in [-0.2, 0) is 10.0 Å². The molecule has 2 rings (SSSR count). The van der Waals surface area contributed by atoms with Gasteiger partial charge < -0.3 is 10.1 Å². The van der Waals surface area contributed by atoms with Crippen LogP contribution < -0.4 is 0 Å². The summed E-state index contributed by atoms with van der Waals surface area (Å²) in [7, 11) is -3.43. The van der Waals surface area contributed by atoms with Gasteiger partial charge in [0.25, 0.3) is 10.0 Å². The molecule has 1 saturated heterocycles. The van der Waals surface area contributed by atoms with Gasteiger partial charge in [-0.1, -0.05) is 0 Å². The Bertz CT molecular complexity index is 437. The third kappa shape index (κ3) is 2.65. The summed E-state index contributed by atoms with van der Waals surface area (Å²) in [6.45, 7) is 2.88. The number of aliphatic hydroxyl groups is 1. The molecule has 1 aliphatic heterocycles. The molecule has 17 heavy (non-hydrogen) atoms. The summed E-state index contributed by atoms with van der Waals surface area (Å²) in [5.74, 6) is 0. The number of aromatic nitrogens is 2. The molecule has 1 aromatic heterocycles. The van der Waals surface area contributed by atoms with Gasteiger partial charge in [-0.2, -0.15) is 4.31 Å². The molecule has 0 saturated carbocycles. The average molecular weight is 260 g/mol. The molecular weight excluding hydrogens is 244 g/mol. The number of hydrogen-bond donors (Lipinski definition) is 2. The minimum Gasteiger partial charge on any atom is -0.395 e. The van der Waals surface area contributed by atoms with Crippen LogP contribution in [0.2, 0.25) is 0 Å². The Hall–Kier alpha value is -0.960. The van der Waals surface area contributed by atoms with E-state index in [1.165, 1.54) is 16.8 Å². The molecule has 1 aromatic rings. The van der Waals surface area contributed by atoms with E-state index in [0.717, 1.165) is 0 Å². The highest BCUT2D eigenvalue weighted by Crippen LogP contribution is 2.14. The summed E-state index contributed by atoms with van der Waals surface area (Å²) >= 11 is 0. The fraction of sp³-hybridized carbons (Fsp3) is 0.667. The van der Waals surface area contributed by atoms with Crippen molar-refractivity contribution in [2.45, 2.75) is 5.03 Å². The van der Waals surface area contributed by atoms with Crippen LogP contribution in [0.5, 0.6) is 0 Å². The van der Waals surface area contributed by atoms with Gasteiger partial charge in [0.15, 0.2) is 5.03 Å². The van der Waals surface area contributed by atoms with Crippen LogP contribution in [0.15, 0.2) is 17.6 Å². The van der Waals surface area contributed by atoms with Crippen molar-refractivity contribution in [3.63, 3.8) is 0 Å². The number of aliphatic hydroxyl groups excluding tert-OH is 1. The van der Waals surface area contributed by atoms with E-state index in [2.05, 4.69) is 9.97 Å². The smallest absolute Gasteiger partial charge is 0.260 e. The first kappa shape index (κ1) is 12.5. The van der Waals surface area contributed by atoms with Crippen molar-refractivity contribution in [1.82, 2.24) is 19.2 Å². The second-order valence-corrected chi connectivity index (χ2v) is 5.79. The third-order valence-corrected chi connectivity index (χ3v) is 4.66. The van der Waals surface area contributed by atoms with Crippen LogP contribution in [0.25, 0.3) is 0 Å². The zero-order valence-electron chi connectivity index (χ0n) is 9.41. The van der Waals surface area contributed by atoms with Gasteiger partial charge in [0, 0.05) is 32.7 Å². The quantitative estimate of drug-likeness (QED) is 0.703. The number of nitrogens with zero attached hydrogens (tertiary/aromatic N) is 3. The number of β-amino-alcohol motifs (C(OH)–C–C–N with tert-alkyl or cyclic N) is 1. The van der Waals surface area contributed by atoms with E-state index in [-0.39, 0.29) is 11.6 Å². The number of sulfonamides is 1. The summed E-state index contributed by atoms with van der Waals surface area (Å²) in [6.07, 6.45) is 2.67. The van der Waals surface area contributed by atoms with Crippen molar-refractivity contribution in [1.29, 1.82) is 0 Å². The number of aromatic amines is 1. The topological polar surface area (TPSA) is 89.5 Å². The molecule has 0 spiro atoms. The molecule has 96 valence electrons. The molecule has 0 amide bonds. The molecule has 1 aliphatic rings.